The maximum atomic E-state index is 13.2. The molecule has 3 aromatic carbocycles. The summed E-state index contributed by atoms with van der Waals surface area (Å²) in [5.41, 5.74) is 2.39. The topological polar surface area (TPSA) is 95.6 Å². The van der Waals surface area contributed by atoms with Gasteiger partial charge in [-0.3, -0.25) is 9.59 Å². The van der Waals surface area contributed by atoms with Crippen LogP contribution in [0.3, 0.4) is 0 Å². The van der Waals surface area contributed by atoms with E-state index in [1.165, 1.54) is 10.4 Å². The minimum Gasteiger partial charge on any atom is -0.352 e. The molecule has 7 nitrogen and oxygen atoms in total. The lowest BCUT2D eigenvalue weighted by molar-refractivity contribution is -0.120. The summed E-state index contributed by atoms with van der Waals surface area (Å²) in [7, 11) is -3.67. The van der Waals surface area contributed by atoms with Crippen LogP contribution in [0.4, 0.5) is 5.69 Å². The fraction of sp³-hybridized carbons (Fsp3) is 0.286. The van der Waals surface area contributed by atoms with Crippen molar-refractivity contribution in [2.75, 3.05) is 25.0 Å². The first kappa shape index (κ1) is 28.1. The second-order valence-electron chi connectivity index (χ2n) is 9.23. The summed E-state index contributed by atoms with van der Waals surface area (Å²) in [6.45, 7) is 0.869. The van der Waals surface area contributed by atoms with Gasteiger partial charge in [0.05, 0.1) is 33.0 Å². The molecule has 1 aliphatic rings. The van der Waals surface area contributed by atoms with Crippen LogP contribution in [0.25, 0.3) is 0 Å². The van der Waals surface area contributed by atoms with Crippen molar-refractivity contribution in [3.05, 3.63) is 99.5 Å². The van der Waals surface area contributed by atoms with Crippen LogP contribution in [0.2, 0.25) is 10.0 Å². The molecular formula is C28H29Cl2N3O4S. The lowest BCUT2D eigenvalue weighted by Crippen LogP contribution is -2.44. The van der Waals surface area contributed by atoms with Crippen molar-refractivity contribution in [1.29, 1.82) is 0 Å². The van der Waals surface area contributed by atoms with E-state index in [4.69, 9.17) is 23.2 Å². The number of carbonyl (C=O) groups is 2. The predicted octanol–water partition coefficient (Wildman–Crippen LogP) is 5.15. The summed E-state index contributed by atoms with van der Waals surface area (Å²) < 4.78 is 27.5. The number of nitrogens with zero attached hydrogens (tertiary/aromatic N) is 1. The Morgan fingerprint density at radius 3 is 2.42 bits per heavy atom. The van der Waals surface area contributed by atoms with Crippen LogP contribution < -0.4 is 10.6 Å². The fourth-order valence-electron chi connectivity index (χ4n) is 4.43. The van der Waals surface area contributed by atoms with Gasteiger partial charge >= 0.3 is 0 Å². The summed E-state index contributed by atoms with van der Waals surface area (Å²) >= 11 is 12.0. The molecule has 10 heteroatoms. The zero-order chi connectivity index (χ0) is 27.1. The third kappa shape index (κ3) is 7.35. The van der Waals surface area contributed by atoms with Crippen LogP contribution in [0, 0.1) is 5.92 Å². The van der Waals surface area contributed by atoms with Crippen molar-refractivity contribution >= 4 is 50.7 Å². The number of halogens is 2. The van der Waals surface area contributed by atoms with Crippen LogP contribution in [0.15, 0.2) is 72.8 Å². The van der Waals surface area contributed by atoms with Crippen LogP contribution in [-0.2, 0) is 27.0 Å². The van der Waals surface area contributed by atoms with E-state index in [0.29, 0.717) is 54.2 Å². The Morgan fingerprint density at radius 2 is 1.66 bits per heavy atom. The van der Waals surface area contributed by atoms with Crippen molar-refractivity contribution < 1.29 is 18.0 Å². The van der Waals surface area contributed by atoms with Gasteiger partial charge in [0.1, 0.15) is 0 Å². The highest BCUT2D eigenvalue weighted by Crippen LogP contribution is 2.27. The SMILES string of the molecule is O=C(NCCc1ccccc1)c1ccccc1NC(=O)C1CCCN(S(=O)(=O)Cc2ccc(Cl)c(Cl)c2)C1. The smallest absolute Gasteiger partial charge is 0.253 e. The molecule has 0 spiro atoms. The van der Waals surface area contributed by atoms with E-state index >= 15 is 0 Å². The fourth-order valence-corrected chi connectivity index (χ4v) is 6.34. The summed E-state index contributed by atoms with van der Waals surface area (Å²) in [6, 6.07) is 21.4. The van der Waals surface area contributed by atoms with Gasteiger partial charge in [-0.1, -0.05) is 71.7 Å². The standard InChI is InChI=1S/C28H29Cl2N3O4S/c29-24-13-12-21(17-25(24)30)19-38(36,37)33-16-6-9-22(18-33)27(34)32-26-11-5-4-10-23(26)28(35)31-15-14-20-7-2-1-3-8-20/h1-5,7-8,10-13,17,22H,6,9,14-16,18-19H2,(H,31,35)(H,32,34). The van der Waals surface area contributed by atoms with Gasteiger partial charge in [0.2, 0.25) is 15.9 Å². The van der Waals surface area contributed by atoms with Crippen LogP contribution in [0.1, 0.15) is 34.3 Å². The Hall–Kier alpha value is -2.91. The van der Waals surface area contributed by atoms with Crippen LogP contribution >= 0.6 is 23.2 Å². The first-order valence-electron chi connectivity index (χ1n) is 12.4. The molecule has 38 heavy (non-hydrogen) atoms. The summed E-state index contributed by atoms with van der Waals surface area (Å²) in [5, 5.41) is 6.40. The monoisotopic (exact) mass is 573 g/mol. The van der Waals surface area contributed by atoms with Gasteiger partial charge in [0, 0.05) is 19.6 Å². The normalized spacial score (nSPS) is 16.1. The number of hydrogen-bond donors (Lipinski definition) is 2. The number of benzene rings is 3. The van der Waals surface area contributed by atoms with Crippen LogP contribution in [-0.4, -0.2) is 44.2 Å². The molecule has 1 atom stereocenters. The Labute approximate surface area is 233 Å². The highest BCUT2D eigenvalue weighted by atomic mass is 35.5. The zero-order valence-electron chi connectivity index (χ0n) is 20.7. The Balaban J connectivity index is 1.37. The van der Waals surface area contributed by atoms with E-state index in [0.717, 1.165) is 5.56 Å². The Kier molecular flexibility index (Phi) is 9.44. The van der Waals surface area contributed by atoms with Crippen molar-refractivity contribution in [1.82, 2.24) is 9.62 Å². The highest BCUT2D eigenvalue weighted by Gasteiger charge is 2.33. The molecule has 3 aromatic rings. The van der Waals surface area contributed by atoms with E-state index < -0.39 is 15.9 Å². The number of nitrogens with one attached hydrogen (secondary N) is 2. The molecule has 0 aliphatic carbocycles. The average Bonchev–Trinajstić information content (AvgIpc) is 2.91. The van der Waals surface area contributed by atoms with Gasteiger partial charge < -0.3 is 10.6 Å². The molecular weight excluding hydrogens is 545 g/mol. The molecule has 0 saturated carbocycles. The van der Waals surface area contributed by atoms with E-state index in [2.05, 4.69) is 10.6 Å². The Bertz CT molecular complexity index is 1400. The lowest BCUT2D eigenvalue weighted by atomic mass is 9.98. The molecule has 1 saturated heterocycles. The van der Waals surface area contributed by atoms with E-state index in [-0.39, 0.29) is 29.1 Å². The first-order valence-corrected chi connectivity index (χ1v) is 14.7. The van der Waals surface area contributed by atoms with Gasteiger partial charge in [-0.2, -0.15) is 0 Å². The van der Waals surface area contributed by atoms with Crippen molar-refractivity contribution in [3.8, 4) is 0 Å². The highest BCUT2D eigenvalue weighted by molar-refractivity contribution is 7.88. The molecule has 0 aromatic heterocycles. The van der Waals surface area contributed by atoms with Gasteiger partial charge in [0.15, 0.2) is 0 Å². The van der Waals surface area contributed by atoms with Gasteiger partial charge in [-0.05, 0) is 54.7 Å². The maximum absolute atomic E-state index is 13.2. The predicted molar refractivity (Wildman–Crippen MR) is 151 cm³/mol. The van der Waals surface area contributed by atoms with Gasteiger partial charge in [-0.15, -0.1) is 0 Å². The molecule has 4 rings (SSSR count). The number of piperidine rings is 1. The Morgan fingerprint density at radius 1 is 0.921 bits per heavy atom. The molecule has 1 heterocycles. The molecule has 1 fully saturated rings. The second-order valence-corrected chi connectivity index (χ2v) is 12.0. The molecule has 200 valence electrons. The molecule has 1 aliphatic heterocycles. The molecule has 2 amide bonds. The van der Waals surface area contributed by atoms with Crippen molar-refractivity contribution in [2.45, 2.75) is 25.0 Å². The largest absolute Gasteiger partial charge is 0.352 e. The van der Waals surface area contributed by atoms with E-state index in [1.54, 1.807) is 36.4 Å². The average molecular weight is 575 g/mol. The second kappa shape index (κ2) is 12.8. The number of sulfonamides is 1. The zero-order valence-corrected chi connectivity index (χ0v) is 23.0. The minimum absolute atomic E-state index is 0.0704. The number of carbonyl (C=O) groups excluding carboxylic acids is 2. The summed E-state index contributed by atoms with van der Waals surface area (Å²) in [4.78, 5) is 26.0. The molecule has 0 radical (unpaired) electrons. The van der Waals surface area contributed by atoms with Crippen molar-refractivity contribution in [3.63, 3.8) is 0 Å². The first-order chi connectivity index (χ1) is 18.2. The number of hydrogen-bond acceptors (Lipinski definition) is 4. The molecule has 0 bridgehead atoms. The summed E-state index contributed by atoms with van der Waals surface area (Å²) in [5.74, 6) is -1.37. The molecule has 1 unspecified atom stereocenters. The lowest BCUT2D eigenvalue weighted by Gasteiger charge is -2.31. The number of rotatable bonds is 9. The summed E-state index contributed by atoms with van der Waals surface area (Å²) in [6.07, 6.45) is 1.80. The van der Waals surface area contributed by atoms with Crippen molar-refractivity contribution in [2.24, 2.45) is 5.92 Å². The maximum Gasteiger partial charge on any atom is 0.253 e. The third-order valence-corrected chi connectivity index (χ3v) is 9.01. The van der Waals surface area contributed by atoms with E-state index in [1.807, 2.05) is 30.3 Å². The minimum atomic E-state index is -3.67. The molecule has 2 N–H and O–H groups in total. The number of anilines is 1. The number of amides is 2. The van der Waals surface area contributed by atoms with E-state index in [9.17, 15) is 18.0 Å². The van der Waals surface area contributed by atoms with Gasteiger partial charge in [0.25, 0.3) is 5.91 Å². The van der Waals surface area contributed by atoms with Crippen LogP contribution in [0.5, 0.6) is 0 Å². The third-order valence-electron chi connectivity index (χ3n) is 6.45. The van der Waals surface area contributed by atoms with Gasteiger partial charge in [-0.25, -0.2) is 12.7 Å². The quantitative estimate of drug-likeness (QED) is 0.370. The number of para-hydroxylation sites is 1.